The van der Waals surface area contributed by atoms with Crippen LogP contribution in [0.25, 0.3) is 0 Å². The van der Waals surface area contributed by atoms with Crippen LogP contribution < -0.4 is 0 Å². The normalized spacial score (nSPS) is 17.2. The number of alkyl halides is 2. The summed E-state index contributed by atoms with van der Waals surface area (Å²) in [5.74, 6) is -3.05. The van der Waals surface area contributed by atoms with E-state index in [0.717, 1.165) is 0 Å². The molecule has 0 bridgehead atoms. The minimum atomic E-state index is -3.05. The second kappa shape index (κ2) is 3.85. The Morgan fingerprint density at radius 2 is 2.17 bits per heavy atom. The highest BCUT2D eigenvalue weighted by molar-refractivity contribution is 5.57. The lowest BCUT2D eigenvalue weighted by atomic mass is 10.2. The number of ether oxygens (including phenoxy) is 1. The Morgan fingerprint density at radius 3 is 2.42 bits per heavy atom. The van der Waals surface area contributed by atoms with E-state index in [1.54, 1.807) is 0 Å². The van der Waals surface area contributed by atoms with Gasteiger partial charge in [-0.2, -0.15) is 4.39 Å². The highest BCUT2D eigenvalue weighted by atomic mass is 19.2. The molecule has 0 saturated heterocycles. The molecule has 0 heterocycles. The van der Waals surface area contributed by atoms with Gasteiger partial charge in [-0.25, -0.2) is 9.18 Å². The predicted molar refractivity (Wildman–Crippen MR) is 38.2 cm³/mol. The minimum absolute atomic E-state index is 0.424. The smallest absolute Gasteiger partial charge is 0.450 e. The van der Waals surface area contributed by atoms with Gasteiger partial charge in [0.2, 0.25) is 0 Å². The minimum Gasteiger partial charge on any atom is -0.450 e. The van der Waals surface area contributed by atoms with Crippen LogP contribution in [0.2, 0.25) is 0 Å². The molecule has 1 N–H and O–H groups in total. The largest absolute Gasteiger partial charge is 0.508 e. The average molecular weight is 178 g/mol. The molecule has 5 heteroatoms. The third-order valence-corrected chi connectivity index (χ3v) is 1.11. The number of hydrogen-bond donors (Lipinski definition) is 1. The summed E-state index contributed by atoms with van der Waals surface area (Å²) >= 11 is 0. The lowest BCUT2D eigenvalue weighted by molar-refractivity contribution is -0.108. The van der Waals surface area contributed by atoms with Gasteiger partial charge < -0.3 is 9.84 Å². The van der Waals surface area contributed by atoms with Crippen molar-refractivity contribution in [3.05, 3.63) is 25.3 Å². The maximum absolute atomic E-state index is 13.0. The van der Waals surface area contributed by atoms with Gasteiger partial charge in [-0.05, 0) is 6.08 Å². The van der Waals surface area contributed by atoms with Crippen molar-refractivity contribution in [1.82, 2.24) is 0 Å². The van der Waals surface area contributed by atoms with Gasteiger partial charge in [0, 0.05) is 0 Å². The van der Waals surface area contributed by atoms with Crippen LogP contribution in [0.15, 0.2) is 25.3 Å². The molecular formula is C7H8F2O3. The van der Waals surface area contributed by atoms with Crippen molar-refractivity contribution in [2.45, 2.75) is 12.0 Å². The first-order valence-corrected chi connectivity index (χ1v) is 2.97. The van der Waals surface area contributed by atoms with Crippen LogP contribution in [-0.4, -0.2) is 23.3 Å². The van der Waals surface area contributed by atoms with Gasteiger partial charge in [0.25, 0.3) is 0 Å². The molecule has 0 saturated carbocycles. The third kappa shape index (κ3) is 2.34. The molecule has 0 aromatic heterocycles. The Balaban J connectivity index is 4.53. The first-order chi connectivity index (χ1) is 5.46. The van der Waals surface area contributed by atoms with Crippen molar-refractivity contribution in [3.63, 3.8) is 0 Å². The number of hydrogen-bond acceptors (Lipinski definition) is 2. The van der Waals surface area contributed by atoms with E-state index in [1.165, 1.54) is 0 Å². The van der Waals surface area contributed by atoms with E-state index >= 15 is 0 Å². The van der Waals surface area contributed by atoms with E-state index in [-0.39, 0.29) is 0 Å². The molecule has 2 unspecified atom stereocenters. The number of rotatable bonds is 4. The van der Waals surface area contributed by atoms with Gasteiger partial charge in [-0.3, -0.25) is 0 Å². The Labute approximate surface area is 68.0 Å². The van der Waals surface area contributed by atoms with Crippen LogP contribution in [0.1, 0.15) is 0 Å². The van der Waals surface area contributed by atoms with Gasteiger partial charge in [0.15, 0.2) is 6.17 Å². The topological polar surface area (TPSA) is 46.5 Å². The van der Waals surface area contributed by atoms with Gasteiger partial charge in [-0.15, -0.1) is 0 Å². The van der Waals surface area contributed by atoms with Gasteiger partial charge >= 0.3 is 12.0 Å². The lowest BCUT2D eigenvalue weighted by Crippen LogP contribution is -2.36. The van der Waals surface area contributed by atoms with E-state index < -0.39 is 18.2 Å². The van der Waals surface area contributed by atoms with Crippen LogP contribution >= 0.6 is 0 Å². The van der Waals surface area contributed by atoms with Crippen LogP contribution in [0, 0.1) is 0 Å². The molecule has 0 amide bonds. The number of halogens is 2. The summed E-state index contributed by atoms with van der Waals surface area (Å²) in [4.78, 5) is 9.88. The monoisotopic (exact) mass is 178 g/mol. The van der Waals surface area contributed by atoms with E-state index in [1.807, 2.05) is 0 Å². The van der Waals surface area contributed by atoms with Gasteiger partial charge in [0.05, 0.1) is 0 Å². The fourth-order valence-electron chi connectivity index (χ4n) is 0.505. The Bertz CT molecular complexity index is 205. The summed E-state index contributed by atoms with van der Waals surface area (Å²) in [6.45, 7) is 5.85. The molecule has 0 aliphatic rings. The zero-order valence-corrected chi connectivity index (χ0v) is 6.17. The molecule has 0 aromatic rings. The molecule has 0 aromatic carbocycles. The van der Waals surface area contributed by atoms with Crippen molar-refractivity contribution in [1.29, 1.82) is 0 Å². The standard InChI is InChI=1S/C7H8F2O3/c1-3-5(8)7(9,4-2)12-6(10)11/h3-5H,1-2H2,(H,10,11). The first-order valence-electron chi connectivity index (χ1n) is 2.97. The second-order valence-electron chi connectivity index (χ2n) is 1.91. The molecule has 68 valence electrons. The summed E-state index contributed by atoms with van der Waals surface area (Å²) in [5.41, 5.74) is 0. The molecule has 0 spiro atoms. The molecule has 2 atom stereocenters. The molecule has 12 heavy (non-hydrogen) atoms. The summed E-state index contributed by atoms with van der Waals surface area (Å²) < 4.78 is 29.2. The van der Waals surface area contributed by atoms with Crippen molar-refractivity contribution in [2.24, 2.45) is 0 Å². The maximum atomic E-state index is 13.0. The molecule has 0 fully saturated rings. The maximum Gasteiger partial charge on any atom is 0.508 e. The zero-order chi connectivity index (χ0) is 9.78. The number of carbonyl (C=O) groups is 1. The van der Waals surface area contributed by atoms with Crippen LogP contribution in [-0.2, 0) is 4.74 Å². The molecule has 0 radical (unpaired) electrons. The molecule has 0 rings (SSSR count). The van der Waals surface area contributed by atoms with E-state index in [2.05, 4.69) is 17.9 Å². The second-order valence-corrected chi connectivity index (χ2v) is 1.91. The van der Waals surface area contributed by atoms with E-state index in [4.69, 9.17) is 5.11 Å². The number of carboxylic acid groups (broad SMARTS) is 1. The van der Waals surface area contributed by atoms with Crippen LogP contribution in [0.5, 0.6) is 0 Å². The third-order valence-electron chi connectivity index (χ3n) is 1.11. The fourth-order valence-corrected chi connectivity index (χ4v) is 0.505. The summed E-state index contributed by atoms with van der Waals surface area (Å²) in [7, 11) is 0. The summed E-state index contributed by atoms with van der Waals surface area (Å²) in [5, 5.41) is 8.01. The molecule has 0 aliphatic carbocycles. The fraction of sp³-hybridized carbons (Fsp3) is 0.286. The molecule has 0 aliphatic heterocycles. The van der Waals surface area contributed by atoms with E-state index in [9.17, 15) is 13.6 Å². The van der Waals surface area contributed by atoms with Crippen molar-refractivity contribution in [2.75, 3.05) is 0 Å². The highest BCUT2D eigenvalue weighted by Crippen LogP contribution is 2.23. The lowest BCUT2D eigenvalue weighted by Gasteiger charge is -2.20. The Hall–Kier alpha value is -1.39. The zero-order valence-electron chi connectivity index (χ0n) is 6.17. The molecule has 3 nitrogen and oxygen atoms in total. The van der Waals surface area contributed by atoms with Crippen LogP contribution in [0.3, 0.4) is 0 Å². The van der Waals surface area contributed by atoms with Gasteiger partial charge in [0.1, 0.15) is 0 Å². The van der Waals surface area contributed by atoms with Crippen LogP contribution in [0.4, 0.5) is 13.6 Å². The van der Waals surface area contributed by atoms with Gasteiger partial charge in [-0.1, -0.05) is 19.2 Å². The quantitative estimate of drug-likeness (QED) is 0.529. The Kier molecular flexibility index (Phi) is 3.40. The predicted octanol–water partition coefficient (Wildman–Crippen LogP) is 2.06. The van der Waals surface area contributed by atoms with Crippen molar-refractivity contribution < 1.29 is 23.4 Å². The summed E-state index contributed by atoms with van der Waals surface area (Å²) in [6, 6.07) is 0. The SMILES string of the molecule is C=CC(F)C(F)(C=C)OC(=O)O. The highest BCUT2D eigenvalue weighted by Gasteiger charge is 2.39. The average Bonchev–Trinajstić information content (AvgIpc) is 2.01. The van der Waals surface area contributed by atoms with Crippen molar-refractivity contribution in [3.8, 4) is 0 Å². The molecular weight excluding hydrogens is 170 g/mol. The summed E-state index contributed by atoms with van der Waals surface area (Å²) in [6.07, 6.45) is -3.16. The Morgan fingerprint density at radius 1 is 1.67 bits per heavy atom. The van der Waals surface area contributed by atoms with E-state index in [0.29, 0.717) is 12.2 Å². The van der Waals surface area contributed by atoms with Crippen molar-refractivity contribution >= 4 is 6.16 Å². The first kappa shape index (κ1) is 10.6.